The molecule has 2 N–H and O–H groups in total. The molecule has 2 aromatic rings. The van der Waals surface area contributed by atoms with E-state index in [1.807, 2.05) is 48.5 Å². The molecule has 1 fully saturated rings. The second-order valence-electron chi connectivity index (χ2n) is 8.73. The van der Waals surface area contributed by atoms with Gasteiger partial charge < -0.3 is 24.8 Å². The van der Waals surface area contributed by atoms with Gasteiger partial charge in [0.2, 0.25) is 5.91 Å². The van der Waals surface area contributed by atoms with Crippen LogP contribution in [0.5, 0.6) is 0 Å². The van der Waals surface area contributed by atoms with E-state index >= 15 is 0 Å². The number of likely N-dealkylation sites (tertiary alicyclic amines) is 1. The van der Waals surface area contributed by atoms with Crippen LogP contribution in [0.25, 0.3) is 11.1 Å². The van der Waals surface area contributed by atoms with E-state index in [1.165, 1.54) is 0 Å². The van der Waals surface area contributed by atoms with E-state index in [4.69, 9.17) is 9.47 Å². The summed E-state index contributed by atoms with van der Waals surface area (Å²) in [6.07, 6.45) is 1.04. The number of aliphatic carboxylic acids is 1. The Morgan fingerprint density at radius 1 is 1.03 bits per heavy atom. The van der Waals surface area contributed by atoms with Crippen molar-refractivity contribution in [2.75, 3.05) is 26.8 Å². The summed E-state index contributed by atoms with van der Waals surface area (Å²) in [5.41, 5.74) is 4.38. The average Bonchev–Trinajstić information content (AvgIpc) is 2.97. The van der Waals surface area contributed by atoms with Crippen molar-refractivity contribution in [3.63, 3.8) is 0 Å². The summed E-state index contributed by atoms with van der Waals surface area (Å²) in [5, 5.41) is 11.8. The number of carboxylic acid groups (broad SMARTS) is 1. The van der Waals surface area contributed by atoms with Crippen LogP contribution < -0.4 is 5.32 Å². The van der Waals surface area contributed by atoms with Crippen LogP contribution in [0.1, 0.15) is 42.7 Å². The summed E-state index contributed by atoms with van der Waals surface area (Å²) in [6, 6.07) is 14.8. The first-order valence-electron chi connectivity index (χ1n) is 11.6. The van der Waals surface area contributed by atoms with Gasteiger partial charge in [-0.2, -0.15) is 0 Å². The SMILES string of the molecule is COC1CCCN(C(=O)C(CC(=O)O)NC(=O)OCC2c3ccccc3-c3ccccc32)CC1. The maximum absolute atomic E-state index is 13.1. The lowest BCUT2D eigenvalue weighted by molar-refractivity contribution is -0.142. The molecule has 0 spiro atoms. The molecule has 2 aromatic carbocycles. The van der Waals surface area contributed by atoms with Crippen molar-refractivity contribution in [2.45, 2.75) is 43.7 Å². The topological polar surface area (TPSA) is 105 Å². The van der Waals surface area contributed by atoms with Crippen molar-refractivity contribution >= 4 is 18.0 Å². The zero-order chi connectivity index (χ0) is 24.1. The average molecular weight is 467 g/mol. The number of alkyl carbamates (subject to hydrolysis) is 1. The van der Waals surface area contributed by atoms with Crippen molar-refractivity contribution in [1.29, 1.82) is 0 Å². The van der Waals surface area contributed by atoms with Gasteiger partial charge in [0, 0.05) is 26.1 Å². The molecular weight excluding hydrogens is 436 g/mol. The van der Waals surface area contributed by atoms with Crippen molar-refractivity contribution in [1.82, 2.24) is 10.2 Å². The molecule has 8 heteroatoms. The Labute approximate surface area is 198 Å². The quantitative estimate of drug-likeness (QED) is 0.648. The monoisotopic (exact) mass is 466 g/mol. The molecule has 1 heterocycles. The Balaban J connectivity index is 1.41. The molecule has 0 saturated carbocycles. The number of amides is 2. The largest absolute Gasteiger partial charge is 0.481 e. The summed E-state index contributed by atoms with van der Waals surface area (Å²) in [5.74, 6) is -1.70. The van der Waals surface area contributed by atoms with Crippen molar-refractivity contribution in [3.8, 4) is 11.1 Å². The molecule has 0 aromatic heterocycles. The highest BCUT2D eigenvalue weighted by Gasteiger charge is 2.32. The molecule has 2 aliphatic rings. The van der Waals surface area contributed by atoms with Gasteiger partial charge in [-0.25, -0.2) is 4.79 Å². The Morgan fingerprint density at radius 3 is 2.29 bits per heavy atom. The second kappa shape index (κ2) is 10.7. The fourth-order valence-corrected chi connectivity index (χ4v) is 4.90. The molecule has 1 saturated heterocycles. The van der Waals surface area contributed by atoms with Crippen molar-refractivity contribution in [3.05, 3.63) is 59.7 Å². The molecule has 0 bridgehead atoms. The van der Waals surface area contributed by atoms with Gasteiger partial charge in [0.15, 0.2) is 0 Å². The molecule has 8 nitrogen and oxygen atoms in total. The van der Waals surface area contributed by atoms with Crippen LogP contribution in [0.2, 0.25) is 0 Å². The van der Waals surface area contributed by atoms with E-state index in [9.17, 15) is 19.5 Å². The number of ether oxygens (including phenoxy) is 2. The van der Waals surface area contributed by atoms with Crippen LogP contribution in [0.15, 0.2) is 48.5 Å². The highest BCUT2D eigenvalue weighted by atomic mass is 16.5. The first-order valence-corrected chi connectivity index (χ1v) is 11.6. The summed E-state index contributed by atoms with van der Waals surface area (Å²) < 4.78 is 10.9. The van der Waals surface area contributed by atoms with Gasteiger partial charge >= 0.3 is 12.1 Å². The van der Waals surface area contributed by atoms with Gasteiger partial charge in [-0.15, -0.1) is 0 Å². The maximum atomic E-state index is 13.1. The lowest BCUT2D eigenvalue weighted by Crippen LogP contribution is -2.50. The normalized spacial score (nSPS) is 18.4. The highest BCUT2D eigenvalue weighted by Crippen LogP contribution is 2.44. The van der Waals surface area contributed by atoms with E-state index in [0.29, 0.717) is 19.5 Å². The molecular formula is C26H30N2O6. The maximum Gasteiger partial charge on any atom is 0.407 e. The molecule has 180 valence electrons. The minimum Gasteiger partial charge on any atom is -0.481 e. The first kappa shape index (κ1) is 23.8. The molecule has 0 radical (unpaired) electrons. The van der Waals surface area contributed by atoms with Crippen LogP contribution in [0.4, 0.5) is 4.79 Å². The van der Waals surface area contributed by atoms with Gasteiger partial charge in [0.25, 0.3) is 0 Å². The van der Waals surface area contributed by atoms with Crippen LogP contribution in [0.3, 0.4) is 0 Å². The molecule has 34 heavy (non-hydrogen) atoms. The molecule has 2 unspecified atom stereocenters. The number of nitrogens with zero attached hydrogens (tertiary/aromatic N) is 1. The van der Waals surface area contributed by atoms with Crippen LogP contribution in [-0.4, -0.2) is 66.9 Å². The van der Waals surface area contributed by atoms with Crippen molar-refractivity contribution < 1.29 is 29.0 Å². The van der Waals surface area contributed by atoms with E-state index in [0.717, 1.165) is 35.1 Å². The number of nitrogens with one attached hydrogen (secondary N) is 1. The molecule has 1 aliphatic heterocycles. The minimum absolute atomic E-state index is 0.0748. The summed E-state index contributed by atoms with van der Waals surface area (Å²) in [4.78, 5) is 38.7. The number of rotatable bonds is 7. The Bertz CT molecular complexity index is 1010. The minimum atomic E-state index is -1.19. The lowest BCUT2D eigenvalue weighted by Gasteiger charge is -2.26. The van der Waals surface area contributed by atoms with E-state index in [-0.39, 0.29) is 18.6 Å². The Morgan fingerprint density at radius 2 is 1.68 bits per heavy atom. The lowest BCUT2D eigenvalue weighted by atomic mass is 9.98. The number of hydrogen-bond donors (Lipinski definition) is 2. The van der Waals surface area contributed by atoms with Gasteiger partial charge in [-0.1, -0.05) is 48.5 Å². The summed E-state index contributed by atoms with van der Waals surface area (Å²) in [7, 11) is 1.65. The zero-order valence-electron chi connectivity index (χ0n) is 19.2. The summed E-state index contributed by atoms with van der Waals surface area (Å²) in [6.45, 7) is 1.05. The molecule has 4 rings (SSSR count). The van der Waals surface area contributed by atoms with Gasteiger partial charge in [-0.3, -0.25) is 9.59 Å². The number of carboxylic acids is 1. The fourth-order valence-electron chi connectivity index (χ4n) is 4.90. The predicted molar refractivity (Wildman–Crippen MR) is 125 cm³/mol. The molecule has 2 atom stereocenters. The van der Waals surface area contributed by atoms with E-state index < -0.39 is 30.4 Å². The number of methoxy groups -OCH3 is 1. The van der Waals surface area contributed by atoms with Gasteiger partial charge in [-0.05, 0) is 41.5 Å². The van der Waals surface area contributed by atoms with Crippen molar-refractivity contribution in [2.24, 2.45) is 0 Å². The summed E-state index contributed by atoms with van der Waals surface area (Å²) >= 11 is 0. The van der Waals surface area contributed by atoms with Crippen LogP contribution in [0, 0.1) is 0 Å². The fraction of sp³-hybridized carbons (Fsp3) is 0.423. The molecule has 2 amide bonds. The molecule has 1 aliphatic carbocycles. The second-order valence-corrected chi connectivity index (χ2v) is 8.73. The smallest absolute Gasteiger partial charge is 0.407 e. The third-order valence-electron chi connectivity index (χ3n) is 6.63. The van der Waals surface area contributed by atoms with Gasteiger partial charge in [0.1, 0.15) is 12.6 Å². The highest BCUT2D eigenvalue weighted by molar-refractivity contribution is 5.89. The number of fused-ring (bicyclic) bond motifs is 3. The third-order valence-corrected chi connectivity index (χ3v) is 6.63. The van der Waals surface area contributed by atoms with Gasteiger partial charge in [0.05, 0.1) is 12.5 Å². The standard InChI is InChI=1S/C26H30N2O6/c1-33-17-7-6-13-28(14-12-17)25(31)23(15-24(29)30)27-26(32)34-16-22-20-10-4-2-8-18(20)19-9-3-5-11-21(19)22/h2-5,8-11,17,22-23H,6-7,12-16H2,1H3,(H,27,32)(H,29,30). The number of carbonyl (C=O) groups is 3. The number of benzene rings is 2. The third kappa shape index (κ3) is 5.22. The Kier molecular flexibility index (Phi) is 7.47. The number of carbonyl (C=O) groups excluding carboxylic acids is 2. The van der Waals surface area contributed by atoms with Crippen LogP contribution in [-0.2, 0) is 19.1 Å². The van der Waals surface area contributed by atoms with E-state index in [2.05, 4.69) is 5.32 Å². The number of hydrogen-bond acceptors (Lipinski definition) is 5. The van der Waals surface area contributed by atoms with E-state index in [1.54, 1.807) is 12.0 Å². The predicted octanol–water partition coefficient (Wildman–Crippen LogP) is 3.40. The Hall–Kier alpha value is -3.39. The zero-order valence-corrected chi connectivity index (χ0v) is 19.2. The van der Waals surface area contributed by atoms with Crippen LogP contribution >= 0.6 is 0 Å². The first-order chi connectivity index (χ1) is 16.5.